The molecule has 1 fully saturated rings. The molecule has 0 radical (unpaired) electrons. The summed E-state index contributed by atoms with van der Waals surface area (Å²) >= 11 is 0. The SMILES string of the molecule is CCc1ccc2c(c1)-c1ccccc1S(=O)(=O)N2CC(=O)N1CCCCCC1. The summed E-state index contributed by atoms with van der Waals surface area (Å²) in [6, 6.07) is 12.9. The Bertz CT molecular complexity index is 993. The number of hydrogen-bond acceptors (Lipinski definition) is 3. The van der Waals surface area contributed by atoms with E-state index in [9.17, 15) is 13.2 Å². The maximum absolute atomic E-state index is 13.4. The smallest absolute Gasteiger partial charge is 0.265 e. The third kappa shape index (κ3) is 3.30. The van der Waals surface area contributed by atoms with Crippen molar-refractivity contribution in [2.75, 3.05) is 23.9 Å². The van der Waals surface area contributed by atoms with E-state index in [0.717, 1.165) is 43.2 Å². The van der Waals surface area contributed by atoms with Gasteiger partial charge in [0.25, 0.3) is 10.0 Å². The lowest BCUT2D eigenvalue weighted by Gasteiger charge is -2.33. The number of aryl methyl sites for hydroxylation is 1. The molecule has 0 spiro atoms. The molecule has 4 rings (SSSR count). The number of rotatable bonds is 3. The summed E-state index contributed by atoms with van der Waals surface area (Å²) in [6.45, 7) is 3.36. The van der Waals surface area contributed by atoms with Crippen molar-refractivity contribution in [1.29, 1.82) is 0 Å². The summed E-state index contributed by atoms with van der Waals surface area (Å²) in [5.41, 5.74) is 3.34. The highest BCUT2D eigenvalue weighted by atomic mass is 32.2. The van der Waals surface area contributed by atoms with Crippen molar-refractivity contribution in [3.05, 3.63) is 48.0 Å². The fraction of sp³-hybridized carbons (Fsp3) is 0.409. The van der Waals surface area contributed by atoms with Crippen LogP contribution in [0.3, 0.4) is 0 Å². The molecular weight excluding hydrogens is 372 g/mol. The molecule has 0 aromatic heterocycles. The zero-order valence-electron chi connectivity index (χ0n) is 16.2. The van der Waals surface area contributed by atoms with Gasteiger partial charge in [-0.2, -0.15) is 0 Å². The van der Waals surface area contributed by atoms with Crippen molar-refractivity contribution in [2.24, 2.45) is 0 Å². The van der Waals surface area contributed by atoms with Crippen molar-refractivity contribution < 1.29 is 13.2 Å². The average molecular weight is 399 g/mol. The maximum Gasteiger partial charge on any atom is 0.265 e. The predicted molar refractivity (Wildman–Crippen MR) is 111 cm³/mol. The molecule has 0 bridgehead atoms. The van der Waals surface area contributed by atoms with E-state index in [1.165, 1.54) is 4.31 Å². The Balaban J connectivity index is 1.76. The van der Waals surface area contributed by atoms with Gasteiger partial charge in [-0.25, -0.2) is 8.42 Å². The largest absolute Gasteiger partial charge is 0.341 e. The Morgan fingerprint density at radius 2 is 1.68 bits per heavy atom. The molecule has 1 saturated heterocycles. The molecule has 1 amide bonds. The maximum atomic E-state index is 13.4. The minimum absolute atomic E-state index is 0.115. The van der Waals surface area contributed by atoms with Gasteiger partial charge in [0.05, 0.1) is 10.6 Å². The third-order valence-electron chi connectivity index (χ3n) is 5.72. The zero-order chi connectivity index (χ0) is 19.7. The summed E-state index contributed by atoms with van der Waals surface area (Å²) in [4.78, 5) is 15.1. The molecule has 2 aromatic rings. The normalized spacial score (nSPS) is 18.2. The average Bonchev–Trinajstić information content (AvgIpc) is 3.00. The predicted octanol–water partition coefficient (Wildman–Crippen LogP) is 3.83. The number of carbonyl (C=O) groups excluding carboxylic acids is 1. The van der Waals surface area contributed by atoms with Gasteiger partial charge in [0.1, 0.15) is 6.54 Å². The number of amides is 1. The molecule has 0 atom stereocenters. The van der Waals surface area contributed by atoms with Crippen LogP contribution < -0.4 is 4.31 Å². The van der Waals surface area contributed by atoms with Gasteiger partial charge in [0, 0.05) is 24.2 Å². The van der Waals surface area contributed by atoms with Crippen LogP contribution in [-0.2, 0) is 21.2 Å². The van der Waals surface area contributed by atoms with Gasteiger partial charge in [0.15, 0.2) is 0 Å². The lowest BCUT2D eigenvalue weighted by molar-refractivity contribution is -0.129. The number of sulfonamides is 1. The molecule has 2 aromatic carbocycles. The Labute approximate surface area is 167 Å². The first-order chi connectivity index (χ1) is 13.5. The fourth-order valence-corrected chi connectivity index (χ4v) is 5.75. The van der Waals surface area contributed by atoms with Crippen LogP contribution in [0.1, 0.15) is 38.2 Å². The van der Waals surface area contributed by atoms with Crippen molar-refractivity contribution in [1.82, 2.24) is 4.90 Å². The van der Waals surface area contributed by atoms with Crippen LogP contribution in [0.5, 0.6) is 0 Å². The van der Waals surface area contributed by atoms with Crippen LogP contribution in [-0.4, -0.2) is 38.9 Å². The number of carbonyl (C=O) groups is 1. The molecular formula is C22H26N2O3S. The van der Waals surface area contributed by atoms with Crippen LogP contribution >= 0.6 is 0 Å². The fourth-order valence-electron chi connectivity index (χ4n) is 4.11. The molecule has 5 nitrogen and oxygen atoms in total. The van der Waals surface area contributed by atoms with Gasteiger partial charge < -0.3 is 4.90 Å². The number of fused-ring (bicyclic) bond motifs is 3. The number of nitrogens with zero attached hydrogens (tertiary/aromatic N) is 2. The first-order valence-electron chi connectivity index (χ1n) is 10.0. The van der Waals surface area contributed by atoms with Crippen molar-refractivity contribution >= 4 is 21.6 Å². The van der Waals surface area contributed by atoms with E-state index in [1.807, 2.05) is 35.2 Å². The Hall–Kier alpha value is -2.34. The Morgan fingerprint density at radius 1 is 0.964 bits per heavy atom. The summed E-state index contributed by atoms with van der Waals surface area (Å²) in [7, 11) is -3.77. The van der Waals surface area contributed by atoms with Gasteiger partial charge in [0.2, 0.25) is 5.91 Å². The monoisotopic (exact) mass is 398 g/mol. The lowest BCUT2D eigenvalue weighted by atomic mass is 9.99. The molecule has 2 heterocycles. The second-order valence-corrected chi connectivity index (χ2v) is 9.34. The second kappa shape index (κ2) is 7.59. The first-order valence-corrected chi connectivity index (χ1v) is 11.5. The highest BCUT2D eigenvalue weighted by molar-refractivity contribution is 7.93. The van der Waals surface area contributed by atoms with Gasteiger partial charge >= 0.3 is 0 Å². The highest BCUT2D eigenvalue weighted by Crippen LogP contribution is 2.43. The summed E-state index contributed by atoms with van der Waals surface area (Å²) in [6.07, 6.45) is 5.09. The zero-order valence-corrected chi connectivity index (χ0v) is 17.0. The Kier molecular flexibility index (Phi) is 5.15. The standard InChI is InChI=1S/C22H26N2O3S/c1-2-17-11-12-20-19(15-17)18-9-5-6-10-21(18)28(26,27)24(20)16-22(25)23-13-7-3-4-8-14-23/h5-6,9-12,15H,2-4,7-8,13-14,16H2,1H3. The summed E-state index contributed by atoms with van der Waals surface area (Å²) < 4.78 is 28.0. The van der Waals surface area contributed by atoms with Crippen LogP contribution in [0.15, 0.2) is 47.4 Å². The molecule has 0 unspecified atom stereocenters. The minimum Gasteiger partial charge on any atom is -0.341 e. The van der Waals surface area contributed by atoms with E-state index in [-0.39, 0.29) is 17.3 Å². The first kappa shape index (κ1) is 19.0. The van der Waals surface area contributed by atoms with Gasteiger partial charge in [-0.3, -0.25) is 9.10 Å². The highest BCUT2D eigenvalue weighted by Gasteiger charge is 2.36. The molecule has 0 aliphatic carbocycles. The van der Waals surface area contributed by atoms with Crippen molar-refractivity contribution in [3.63, 3.8) is 0 Å². The van der Waals surface area contributed by atoms with Crippen LogP contribution in [0, 0.1) is 0 Å². The van der Waals surface area contributed by atoms with Crippen LogP contribution in [0.25, 0.3) is 11.1 Å². The van der Waals surface area contributed by atoms with E-state index in [2.05, 4.69) is 6.92 Å². The number of likely N-dealkylation sites (tertiary alicyclic amines) is 1. The second-order valence-electron chi connectivity index (χ2n) is 7.51. The molecule has 2 aliphatic rings. The van der Waals surface area contributed by atoms with E-state index >= 15 is 0 Å². The number of anilines is 1. The van der Waals surface area contributed by atoms with E-state index < -0.39 is 10.0 Å². The van der Waals surface area contributed by atoms with E-state index in [0.29, 0.717) is 24.3 Å². The molecule has 28 heavy (non-hydrogen) atoms. The lowest BCUT2D eigenvalue weighted by Crippen LogP contribution is -2.44. The summed E-state index contributed by atoms with van der Waals surface area (Å²) in [5.74, 6) is -0.115. The quantitative estimate of drug-likeness (QED) is 0.790. The molecule has 6 heteroatoms. The van der Waals surface area contributed by atoms with Gasteiger partial charge in [-0.05, 0) is 43.0 Å². The number of benzene rings is 2. The minimum atomic E-state index is -3.77. The number of hydrogen-bond donors (Lipinski definition) is 0. The Morgan fingerprint density at radius 3 is 2.39 bits per heavy atom. The third-order valence-corrected chi connectivity index (χ3v) is 7.54. The molecule has 148 valence electrons. The molecule has 0 saturated carbocycles. The van der Waals surface area contributed by atoms with Crippen LogP contribution in [0.2, 0.25) is 0 Å². The molecule has 0 N–H and O–H groups in total. The van der Waals surface area contributed by atoms with Crippen LogP contribution in [0.4, 0.5) is 5.69 Å². The van der Waals surface area contributed by atoms with Gasteiger partial charge in [-0.1, -0.05) is 44.0 Å². The van der Waals surface area contributed by atoms with Crippen molar-refractivity contribution in [2.45, 2.75) is 43.9 Å². The summed E-state index contributed by atoms with van der Waals surface area (Å²) in [5, 5.41) is 0. The van der Waals surface area contributed by atoms with E-state index in [4.69, 9.17) is 0 Å². The topological polar surface area (TPSA) is 57.7 Å². The van der Waals surface area contributed by atoms with E-state index in [1.54, 1.807) is 12.1 Å². The van der Waals surface area contributed by atoms with Crippen molar-refractivity contribution in [3.8, 4) is 11.1 Å². The molecule has 2 aliphatic heterocycles. The van der Waals surface area contributed by atoms with Gasteiger partial charge in [-0.15, -0.1) is 0 Å².